The Bertz CT molecular complexity index is 1310. The number of amides is 4. The molecule has 2 aliphatic heterocycles. The summed E-state index contributed by atoms with van der Waals surface area (Å²) in [6, 6.07) is 8.46. The van der Waals surface area contributed by atoms with Gasteiger partial charge in [0.1, 0.15) is 6.04 Å². The van der Waals surface area contributed by atoms with E-state index >= 15 is 0 Å². The van der Waals surface area contributed by atoms with Gasteiger partial charge >= 0.3 is 0 Å². The molecule has 285 valence electrons. The van der Waals surface area contributed by atoms with Crippen molar-refractivity contribution in [3.63, 3.8) is 0 Å². The first-order chi connectivity index (χ1) is 24.3. The molecule has 1 saturated carbocycles. The number of likely N-dealkylation sites (N-methyl/N-ethyl adjacent to an activating group) is 1. The molecule has 11 atom stereocenters. The van der Waals surface area contributed by atoms with Gasteiger partial charge in [-0.1, -0.05) is 71.4 Å². The van der Waals surface area contributed by atoms with Crippen molar-refractivity contribution in [2.75, 3.05) is 27.8 Å². The van der Waals surface area contributed by atoms with E-state index in [9.17, 15) is 19.2 Å². The second kappa shape index (κ2) is 18.6. The number of benzene rings is 1. The number of carbonyl (C=O) groups is 4. The number of nitrogens with one attached hydrogen (secondary N) is 3. The van der Waals surface area contributed by atoms with Gasteiger partial charge in [-0.3, -0.25) is 19.2 Å². The van der Waals surface area contributed by atoms with Crippen LogP contribution in [0.4, 0.5) is 0 Å². The summed E-state index contributed by atoms with van der Waals surface area (Å²) in [6.07, 6.45) is 6.48. The third-order valence-corrected chi connectivity index (χ3v) is 11.7. The highest BCUT2D eigenvalue weighted by Gasteiger charge is 2.45. The van der Waals surface area contributed by atoms with Crippen molar-refractivity contribution >= 4 is 23.6 Å². The maximum Gasteiger partial charge on any atom is 0.245 e. The van der Waals surface area contributed by atoms with Crippen molar-refractivity contribution in [3.8, 4) is 0 Å². The average Bonchev–Trinajstić information content (AvgIpc) is 3.89. The van der Waals surface area contributed by atoms with Crippen LogP contribution in [0.3, 0.4) is 0 Å². The molecule has 3 N–H and O–H groups in total. The van der Waals surface area contributed by atoms with Gasteiger partial charge in [0.15, 0.2) is 0 Å². The quantitative estimate of drug-likeness (QED) is 0.211. The van der Waals surface area contributed by atoms with Crippen LogP contribution in [0, 0.1) is 30.1 Å². The van der Waals surface area contributed by atoms with Crippen molar-refractivity contribution in [1.29, 1.82) is 0 Å². The van der Waals surface area contributed by atoms with Crippen LogP contribution in [0.25, 0.3) is 0 Å². The third kappa shape index (κ3) is 9.90. The molecule has 2 heterocycles. The second-order valence-corrected chi connectivity index (χ2v) is 15.6. The van der Waals surface area contributed by atoms with Crippen LogP contribution in [0.1, 0.15) is 92.1 Å². The second-order valence-electron chi connectivity index (χ2n) is 15.6. The summed E-state index contributed by atoms with van der Waals surface area (Å²) in [7, 11) is 4.96. The normalized spacial score (nSPS) is 25.5. The Morgan fingerprint density at radius 2 is 1.71 bits per heavy atom. The fraction of sp³-hybridized carbons (Fsp3) is 0.725. The highest BCUT2D eigenvalue weighted by molar-refractivity contribution is 5.90. The van der Waals surface area contributed by atoms with Crippen LogP contribution in [0.5, 0.6) is 0 Å². The van der Waals surface area contributed by atoms with E-state index in [-0.39, 0.29) is 60.0 Å². The maximum atomic E-state index is 14.2. The lowest BCUT2D eigenvalue weighted by Gasteiger charge is -2.41. The zero-order valence-electron chi connectivity index (χ0n) is 32.4. The van der Waals surface area contributed by atoms with E-state index in [4.69, 9.17) is 9.47 Å². The molecule has 4 rings (SSSR count). The summed E-state index contributed by atoms with van der Waals surface area (Å²) in [5.74, 6) is -0.791. The van der Waals surface area contributed by atoms with Crippen molar-refractivity contribution in [1.82, 2.24) is 25.8 Å². The number of fused-ring (bicyclic) bond motifs is 2. The van der Waals surface area contributed by atoms with E-state index in [1.165, 1.54) is 0 Å². The first-order valence-electron chi connectivity index (χ1n) is 19.2. The summed E-state index contributed by atoms with van der Waals surface area (Å²) in [5, 5.41) is 9.63. The molecule has 1 aliphatic carbocycles. The lowest BCUT2D eigenvalue weighted by molar-refractivity contribution is -0.147. The number of methoxy groups -OCH3 is 2. The van der Waals surface area contributed by atoms with Gasteiger partial charge in [-0.2, -0.15) is 0 Å². The third-order valence-electron chi connectivity index (χ3n) is 11.7. The number of likely N-dealkylation sites (tertiary alicyclic amines) is 1. The molecule has 11 nitrogen and oxygen atoms in total. The topological polar surface area (TPSA) is 129 Å². The molecule has 3 fully saturated rings. The smallest absolute Gasteiger partial charge is 0.245 e. The van der Waals surface area contributed by atoms with Gasteiger partial charge < -0.3 is 35.2 Å². The summed E-state index contributed by atoms with van der Waals surface area (Å²) in [5.41, 5.74) is 1.03. The number of carbonyl (C=O) groups excluding carboxylic acids is 4. The minimum Gasteiger partial charge on any atom is -0.379 e. The van der Waals surface area contributed by atoms with Crippen LogP contribution < -0.4 is 16.0 Å². The van der Waals surface area contributed by atoms with Gasteiger partial charge in [-0.05, 0) is 62.3 Å². The summed E-state index contributed by atoms with van der Waals surface area (Å²) < 4.78 is 12.0. The van der Waals surface area contributed by atoms with E-state index in [0.717, 1.165) is 44.1 Å². The lowest BCUT2D eigenvalue weighted by Crippen LogP contribution is -2.59. The Balaban J connectivity index is 1.43. The summed E-state index contributed by atoms with van der Waals surface area (Å²) in [4.78, 5) is 58.7. The van der Waals surface area contributed by atoms with Gasteiger partial charge in [-0.25, -0.2) is 0 Å². The predicted molar refractivity (Wildman–Crippen MR) is 198 cm³/mol. The largest absolute Gasteiger partial charge is 0.379 e. The Hall–Kier alpha value is -3.02. The molecule has 2 bridgehead atoms. The Labute approximate surface area is 306 Å². The van der Waals surface area contributed by atoms with Crippen LogP contribution in [-0.4, -0.2) is 110 Å². The highest BCUT2D eigenvalue weighted by atomic mass is 16.5. The molecular formula is C40H64N5O6. The monoisotopic (exact) mass is 710 g/mol. The van der Waals surface area contributed by atoms with E-state index in [0.29, 0.717) is 18.5 Å². The van der Waals surface area contributed by atoms with Gasteiger partial charge in [0.25, 0.3) is 0 Å². The minimum absolute atomic E-state index is 0.0203. The molecule has 1 aromatic carbocycles. The lowest BCUT2D eigenvalue weighted by atomic mass is 9.89. The fourth-order valence-corrected chi connectivity index (χ4v) is 8.68. The zero-order valence-corrected chi connectivity index (χ0v) is 32.4. The number of piperidine rings is 1. The molecule has 4 amide bonds. The number of ether oxygens (including phenoxy) is 2. The van der Waals surface area contributed by atoms with Crippen molar-refractivity contribution in [2.24, 2.45) is 23.7 Å². The molecular weight excluding hydrogens is 646 g/mol. The summed E-state index contributed by atoms with van der Waals surface area (Å²) in [6.45, 7) is 12.4. The molecule has 1 aromatic rings. The van der Waals surface area contributed by atoms with Crippen molar-refractivity contribution in [3.05, 3.63) is 42.3 Å². The molecule has 3 aliphatic rings. The molecule has 0 unspecified atom stereocenters. The van der Waals surface area contributed by atoms with Crippen LogP contribution >= 0.6 is 0 Å². The maximum absolute atomic E-state index is 14.2. The van der Waals surface area contributed by atoms with Gasteiger partial charge in [0.05, 0.1) is 42.7 Å². The molecule has 0 aromatic heterocycles. The van der Waals surface area contributed by atoms with Gasteiger partial charge in [0.2, 0.25) is 23.6 Å². The van der Waals surface area contributed by atoms with Gasteiger partial charge in [-0.15, -0.1) is 0 Å². The highest BCUT2D eigenvalue weighted by Crippen LogP contribution is 2.35. The molecule has 1 radical (unpaired) electrons. The standard InChI is InChI=1S/C40H64N5O6/c1-10-25(4)36(44(7)40(49)34(24(2)3)43-39(48)35-29-18-19-30(22-29)42-35)32(50-8)23-33(46)45-20-14-17-31(45)37(51-9)27(6)38(47)41-26(5)21-28-15-12-11-13-16-28/h11-13,15-16,21,24-27,29-32,34-37,42H,10,14,17-20,22-23H2,1-9H3,(H,41,47)(H,43,48)/t25-,26+,27+,29-,30+,31-,32+,34-,35-,36-,37+/m0/s1. The van der Waals surface area contributed by atoms with E-state index < -0.39 is 30.2 Å². The average molecular weight is 711 g/mol. The Kier molecular flexibility index (Phi) is 14.9. The van der Waals surface area contributed by atoms with Crippen LogP contribution in [-0.2, 0) is 28.7 Å². The SMILES string of the molecule is CC[C@H](C)[C@@H]([C@@H](CC(=O)N1CCC[C@H]1[C@H](OC)[C@@H](C)C(=O)N[C@H](C)[CH]c1ccccc1)OC)N(C)C(=O)[C@@H](NC(=O)[C@H]1N[C@@H]2CC[C@H]1C2)C(C)C. The fourth-order valence-electron chi connectivity index (χ4n) is 8.68. The minimum atomic E-state index is -0.700. The molecule has 0 spiro atoms. The number of nitrogens with zero attached hydrogens (tertiary/aromatic N) is 2. The summed E-state index contributed by atoms with van der Waals surface area (Å²) >= 11 is 0. The van der Waals surface area contributed by atoms with E-state index in [1.54, 1.807) is 26.2 Å². The zero-order chi connectivity index (χ0) is 37.4. The van der Waals surface area contributed by atoms with Crippen molar-refractivity contribution in [2.45, 2.75) is 135 Å². The first-order valence-corrected chi connectivity index (χ1v) is 19.2. The van der Waals surface area contributed by atoms with Gasteiger partial charge in [0, 0.05) is 46.3 Å². The first kappa shape index (κ1) is 40.7. The predicted octanol–water partition coefficient (Wildman–Crippen LogP) is 3.95. The molecule has 51 heavy (non-hydrogen) atoms. The van der Waals surface area contributed by atoms with Crippen LogP contribution in [0.15, 0.2) is 30.3 Å². The van der Waals surface area contributed by atoms with E-state index in [2.05, 4.69) is 29.8 Å². The van der Waals surface area contributed by atoms with Crippen molar-refractivity contribution < 1.29 is 28.7 Å². The molecule has 11 heteroatoms. The van der Waals surface area contributed by atoms with Crippen LogP contribution in [0.2, 0.25) is 0 Å². The van der Waals surface area contributed by atoms with E-state index in [1.807, 2.05) is 69.3 Å². The number of rotatable bonds is 18. The number of hydrogen-bond acceptors (Lipinski definition) is 7. The Morgan fingerprint density at radius 1 is 1.00 bits per heavy atom. The molecule has 2 saturated heterocycles. The Morgan fingerprint density at radius 3 is 2.27 bits per heavy atom. The number of hydrogen-bond donors (Lipinski definition) is 3.